The molecule has 8 atom stereocenters. The minimum absolute atomic E-state index is 0.00380. The lowest BCUT2D eigenvalue weighted by Crippen LogP contribution is -2.40. The first-order chi connectivity index (χ1) is 30.8. The largest absolute Gasteiger partial charge is 0.507 e. The summed E-state index contributed by atoms with van der Waals surface area (Å²) in [6.07, 6.45) is -10.2. The van der Waals surface area contributed by atoms with Gasteiger partial charge in [-0.15, -0.1) is 0 Å². The summed E-state index contributed by atoms with van der Waals surface area (Å²) >= 11 is 0. The van der Waals surface area contributed by atoms with Crippen molar-refractivity contribution in [1.82, 2.24) is 0 Å². The molecule has 6 aliphatic carbocycles. The van der Waals surface area contributed by atoms with Crippen LogP contribution in [0.4, 0.5) is 52.7 Å². The SMILES string of the molecule is C[C@@]12CCC[C@H]1[C@@H]1CCc3c(cc(-c4cc(C(F)(F)F)cc(C(F)(F)F)c4)c(O)c3-c3c(O)c(-c4cc(C(F)(F)F)cc(C(F)(F)F)c4)cc4c3CC[C@@H]3[C@@H]4CC[C@]4(C)CCC[C@@H]34)[C@H]1CC2. The standard InChI is InChI=1S/C52H50F12O2/c1-47-13-3-5-41(47)33-7-9-35-39(31(33)11-15-47)23-37(25-17-27(49(53,54)55)21-28(18-25)50(56,57)58)45(65)43(35)44-36-10-8-34-32(12-16-48(2)14-4-6-42(34)48)40(36)24-38(46(44)66)26-19-29(51(59,60)61)22-30(20-26)52(62,63)64/h17-24,31-34,41-42,65-66H,3-16H2,1-2H3/t31-,32-,33+,34+,41-,42-,47-,48-/m0/s1. The van der Waals surface area contributed by atoms with Crippen molar-refractivity contribution in [2.75, 3.05) is 0 Å². The number of hydrogen-bond acceptors (Lipinski definition) is 2. The van der Waals surface area contributed by atoms with Crippen LogP contribution < -0.4 is 0 Å². The Bertz CT molecular complexity index is 2380. The highest BCUT2D eigenvalue weighted by Gasteiger charge is 2.53. The molecule has 10 rings (SSSR count). The first kappa shape index (κ1) is 45.4. The number of rotatable bonds is 3. The van der Waals surface area contributed by atoms with E-state index < -0.39 is 69.6 Å². The summed E-state index contributed by atoms with van der Waals surface area (Å²) in [5.41, 5.74) is -5.99. The second kappa shape index (κ2) is 15.1. The Morgan fingerprint density at radius 1 is 0.439 bits per heavy atom. The van der Waals surface area contributed by atoms with Crippen LogP contribution in [0.1, 0.15) is 147 Å². The summed E-state index contributed by atoms with van der Waals surface area (Å²) in [6.45, 7) is 4.51. The van der Waals surface area contributed by atoms with E-state index in [9.17, 15) is 62.9 Å². The van der Waals surface area contributed by atoms with Crippen molar-refractivity contribution in [3.05, 3.63) is 93.0 Å². The highest BCUT2D eigenvalue weighted by atomic mass is 19.4. The predicted octanol–water partition coefficient (Wildman–Crippen LogP) is 16.7. The average molecular weight is 935 g/mol. The molecule has 4 saturated carbocycles. The van der Waals surface area contributed by atoms with Crippen LogP contribution in [-0.2, 0) is 37.5 Å². The third-order valence-corrected chi connectivity index (χ3v) is 17.6. The Hall–Kier alpha value is -4.36. The highest BCUT2D eigenvalue weighted by Crippen LogP contribution is 2.66. The van der Waals surface area contributed by atoms with Crippen LogP contribution in [0.25, 0.3) is 33.4 Å². The van der Waals surface area contributed by atoms with Crippen molar-refractivity contribution < 1.29 is 62.9 Å². The molecule has 354 valence electrons. The number of phenolic OH excluding ortho intramolecular Hbond substituents is 2. The maximum Gasteiger partial charge on any atom is 0.416 e. The van der Waals surface area contributed by atoms with Gasteiger partial charge in [0.25, 0.3) is 0 Å². The number of phenols is 2. The zero-order valence-electron chi connectivity index (χ0n) is 36.4. The molecule has 66 heavy (non-hydrogen) atoms. The van der Waals surface area contributed by atoms with Gasteiger partial charge in [0.2, 0.25) is 0 Å². The molecule has 0 radical (unpaired) electrons. The highest BCUT2D eigenvalue weighted by molar-refractivity contribution is 5.94. The molecule has 0 spiro atoms. The monoisotopic (exact) mass is 934 g/mol. The summed E-state index contributed by atoms with van der Waals surface area (Å²) < 4.78 is 173. The Balaban J connectivity index is 1.29. The van der Waals surface area contributed by atoms with Crippen LogP contribution >= 0.6 is 0 Å². The zero-order valence-corrected chi connectivity index (χ0v) is 36.4. The minimum atomic E-state index is -5.22. The summed E-state index contributed by atoms with van der Waals surface area (Å²) in [4.78, 5) is 0. The van der Waals surface area contributed by atoms with Gasteiger partial charge in [0.15, 0.2) is 0 Å². The Kier molecular flexibility index (Phi) is 10.4. The van der Waals surface area contributed by atoms with Gasteiger partial charge < -0.3 is 10.2 Å². The van der Waals surface area contributed by atoms with Crippen molar-refractivity contribution in [3.8, 4) is 44.9 Å². The fourth-order valence-corrected chi connectivity index (χ4v) is 14.6. The van der Waals surface area contributed by atoms with E-state index in [2.05, 4.69) is 13.8 Å². The summed E-state index contributed by atoms with van der Waals surface area (Å²) in [5, 5.41) is 25.5. The lowest BCUT2D eigenvalue weighted by atomic mass is 9.54. The molecule has 0 amide bonds. The average Bonchev–Trinajstić information content (AvgIpc) is 3.84. The van der Waals surface area contributed by atoms with Gasteiger partial charge in [0, 0.05) is 22.3 Å². The van der Waals surface area contributed by atoms with Crippen LogP contribution in [0.3, 0.4) is 0 Å². The molecule has 4 aromatic carbocycles. The third-order valence-electron chi connectivity index (χ3n) is 17.6. The van der Waals surface area contributed by atoms with E-state index in [1.54, 1.807) is 0 Å². The number of hydrogen-bond donors (Lipinski definition) is 2. The van der Waals surface area contributed by atoms with Crippen LogP contribution in [0.15, 0.2) is 48.5 Å². The second-order valence-electron chi connectivity index (χ2n) is 21.0. The molecule has 0 aliphatic heterocycles. The minimum Gasteiger partial charge on any atom is -0.507 e. The molecule has 0 heterocycles. The predicted molar refractivity (Wildman–Crippen MR) is 225 cm³/mol. The quantitative estimate of drug-likeness (QED) is 0.201. The summed E-state index contributed by atoms with van der Waals surface area (Å²) in [7, 11) is 0. The van der Waals surface area contributed by atoms with E-state index in [4.69, 9.17) is 0 Å². The van der Waals surface area contributed by atoms with Gasteiger partial charge in [-0.3, -0.25) is 0 Å². The molecule has 0 saturated heterocycles. The molecule has 0 aromatic heterocycles. The molecule has 2 N–H and O–H groups in total. The first-order valence-electron chi connectivity index (χ1n) is 23.1. The Morgan fingerprint density at radius 3 is 1.09 bits per heavy atom. The summed E-state index contributed by atoms with van der Waals surface area (Å²) in [5.74, 6) is -1.12. The maximum atomic E-state index is 14.4. The van der Waals surface area contributed by atoms with Gasteiger partial charge in [0.05, 0.1) is 22.3 Å². The molecule has 6 aliphatic rings. The van der Waals surface area contributed by atoms with Crippen LogP contribution in [0, 0.1) is 34.5 Å². The summed E-state index contributed by atoms with van der Waals surface area (Å²) in [6, 6.07) is 5.19. The fraction of sp³-hybridized carbons (Fsp3) is 0.538. The van der Waals surface area contributed by atoms with Crippen molar-refractivity contribution in [2.24, 2.45) is 34.5 Å². The number of alkyl halides is 12. The zero-order chi connectivity index (χ0) is 47.3. The van der Waals surface area contributed by atoms with Crippen molar-refractivity contribution in [1.29, 1.82) is 0 Å². The first-order valence-corrected chi connectivity index (χ1v) is 23.1. The van der Waals surface area contributed by atoms with Crippen molar-refractivity contribution in [3.63, 3.8) is 0 Å². The van der Waals surface area contributed by atoms with Gasteiger partial charge in [-0.2, -0.15) is 52.7 Å². The van der Waals surface area contributed by atoms with Gasteiger partial charge in [-0.05, 0) is 205 Å². The molecular formula is C52H50F12O2. The molecule has 0 unspecified atom stereocenters. The fourth-order valence-electron chi connectivity index (χ4n) is 14.6. The van der Waals surface area contributed by atoms with E-state index in [-0.39, 0.29) is 80.7 Å². The maximum absolute atomic E-state index is 14.4. The topological polar surface area (TPSA) is 40.5 Å². The van der Waals surface area contributed by atoms with Crippen LogP contribution in [0.5, 0.6) is 11.5 Å². The lowest BCUT2D eigenvalue weighted by molar-refractivity contribution is -0.144. The molecular weight excluding hydrogens is 885 g/mol. The molecule has 2 nitrogen and oxygen atoms in total. The van der Waals surface area contributed by atoms with E-state index in [0.717, 1.165) is 51.4 Å². The van der Waals surface area contributed by atoms with Crippen LogP contribution in [0.2, 0.25) is 0 Å². The third kappa shape index (κ3) is 7.30. The Morgan fingerprint density at radius 2 is 0.773 bits per heavy atom. The molecule has 4 fully saturated rings. The number of halogens is 12. The van der Waals surface area contributed by atoms with E-state index in [1.807, 2.05) is 0 Å². The Labute approximate surface area is 374 Å². The molecule has 4 aromatic rings. The number of aromatic hydroxyl groups is 2. The van der Waals surface area contributed by atoms with E-state index in [0.29, 0.717) is 85.0 Å². The molecule has 14 heteroatoms. The van der Waals surface area contributed by atoms with Crippen LogP contribution in [-0.4, -0.2) is 10.2 Å². The number of fused-ring (bicyclic) bond motifs is 10. The number of benzene rings is 4. The van der Waals surface area contributed by atoms with Gasteiger partial charge >= 0.3 is 24.7 Å². The van der Waals surface area contributed by atoms with E-state index >= 15 is 0 Å². The lowest BCUT2D eigenvalue weighted by Gasteiger charge is -2.50. The van der Waals surface area contributed by atoms with Crippen molar-refractivity contribution >= 4 is 0 Å². The van der Waals surface area contributed by atoms with E-state index in [1.165, 1.54) is 12.1 Å². The second-order valence-corrected chi connectivity index (χ2v) is 21.0. The molecule has 0 bridgehead atoms. The van der Waals surface area contributed by atoms with Gasteiger partial charge in [-0.1, -0.05) is 26.7 Å². The van der Waals surface area contributed by atoms with Gasteiger partial charge in [0.1, 0.15) is 11.5 Å². The van der Waals surface area contributed by atoms with Gasteiger partial charge in [-0.25, -0.2) is 0 Å². The normalized spacial score (nSPS) is 29.7. The smallest absolute Gasteiger partial charge is 0.416 e. The van der Waals surface area contributed by atoms with Crippen molar-refractivity contribution in [2.45, 2.75) is 140 Å².